The number of thiophene rings is 1. The Kier molecular flexibility index (Phi) is 6.28. The van der Waals surface area contributed by atoms with Crippen molar-refractivity contribution >= 4 is 40.0 Å². The molecule has 1 aromatic heterocycles. The Balaban J connectivity index is 1.63. The van der Waals surface area contributed by atoms with Crippen LogP contribution in [0.25, 0.3) is 0 Å². The second-order valence-corrected chi connectivity index (χ2v) is 8.02. The van der Waals surface area contributed by atoms with Crippen molar-refractivity contribution < 1.29 is 23.9 Å². The predicted octanol–water partition coefficient (Wildman–Crippen LogP) is 3.06. The highest BCUT2D eigenvalue weighted by Crippen LogP contribution is 2.25. The van der Waals surface area contributed by atoms with Crippen molar-refractivity contribution in [1.82, 2.24) is 4.90 Å². The van der Waals surface area contributed by atoms with Crippen molar-refractivity contribution in [3.8, 4) is 6.07 Å². The summed E-state index contributed by atoms with van der Waals surface area (Å²) in [4.78, 5) is 50.4. The summed E-state index contributed by atoms with van der Waals surface area (Å²) in [5.74, 6) is -1.86. The molecule has 0 spiro atoms. The third kappa shape index (κ3) is 4.39. The number of amides is 3. The molecule has 0 radical (unpaired) electrons. The number of imide groups is 1. The zero-order chi connectivity index (χ0) is 21.8. The number of esters is 1. The van der Waals surface area contributed by atoms with E-state index < -0.39 is 24.4 Å². The van der Waals surface area contributed by atoms with Crippen molar-refractivity contribution in [2.24, 2.45) is 5.92 Å². The summed E-state index contributed by atoms with van der Waals surface area (Å²) in [6, 6.07) is 7.65. The largest absolute Gasteiger partial charge is 0.452 e. The molecule has 1 aliphatic rings. The zero-order valence-electron chi connectivity index (χ0n) is 16.4. The number of nitriles is 1. The van der Waals surface area contributed by atoms with Gasteiger partial charge in [-0.15, -0.1) is 11.3 Å². The number of ether oxygens (including phenoxy) is 1. The summed E-state index contributed by atoms with van der Waals surface area (Å²) in [6.45, 7) is 3.77. The number of carbonyl (C=O) groups excluding carboxylic acids is 4. The van der Waals surface area contributed by atoms with Gasteiger partial charge in [0.25, 0.3) is 17.7 Å². The number of nitrogens with one attached hydrogen (secondary N) is 1. The number of hydrogen-bond donors (Lipinski definition) is 1. The van der Waals surface area contributed by atoms with Gasteiger partial charge in [0.05, 0.1) is 22.3 Å². The minimum absolute atomic E-state index is 0.0715. The van der Waals surface area contributed by atoms with Crippen LogP contribution in [0.5, 0.6) is 0 Å². The van der Waals surface area contributed by atoms with Crippen molar-refractivity contribution in [3.05, 3.63) is 51.9 Å². The van der Waals surface area contributed by atoms with Gasteiger partial charge in [-0.1, -0.05) is 13.8 Å². The molecule has 0 fully saturated rings. The third-order valence-corrected chi connectivity index (χ3v) is 5.34. The summed E-state index contributed by atoms with van der Waals surface area (Å²) < 4.78 is 5.00. The molecule has 2 aromatic rings. The van der Waals surface area contributed by atoms with Crippen molar-refractivity contribution in [2.45, 2.75) is 20.3 Å². The Morgan fingerprint density at radius 2 is 1.93 bits per heavy atom. The Hall–Kier alpha value is -3.51. The summed E-state index contributed by atoms with van der Waals surface area (Å²) >= 11 is 1.18. The summed E-state index contributed by atoms with van der Waals surface area (Å²) in [6.07, 6.45) is 0.688. The first kappa shape index (κ1) is 21.2. The minimum Gasteiger partial charge on any atom is -0.452 e. The van der Waals surface area contributed by atoms with Crippen LogP contribution in [0.4, 0.5) is 5.00 Å². The molecule has 0 unspecified atom stereocenters. The molecule has 0 bridgehead atoms. The average molecular weight is 425 g/mol. The van der Waals surface area contributed by atoms with Crippen LogP contribution in [0.2, 0.25) is 0 Å². The van der Waals surface area contributed by atoms with Gasteiger partial charge in [-0.05, 0) is 42.0 Å². The number of fused-ring (bicyclic) bond motifs is 1. The molecule has 0 atom stereocenters. The van der Waals surface area contributed by atoms with Crippen LogP contribution in [0.1, 0.15) is 56.9 Å². The first-order valence-electron chi connectivity index (χ1n) is 9.26. The van der Waals surface area contributed by atoms with Gasteiger partial charge in [-0.2, -0.15) is 5.26 Å². The molecule has 3 rings (SSSR count). The van der Waals surface area contributed by atoms with Crippen molar-refractivity contribution in [1.29, 1.82) is 5.26 Å². The van der Waals surface area contributed by atoms with E-state index in [9.17, 15) is 19.2 Å². The van der Waals surface area contributed by atoms with Gasteiger partial charge in [0, 0.05) is 6.54 Å². The number of carbonyl (C=O) groups is 4. The Morgan fingerprint density at radius 3 is 2.63 bits per heavy atom. The van der Waals surface area contributed by atoms with Gasteiger partial charge in [-0.25, -0.2) is 4.79 Å². The van der Waals surface area contributed by atoms with Crippen molar-refractivity contribution in [2.75, 3.05) is 18.5 Å². The maximum atomic E-state index is 12.6. The van der Waals surface area contributed by atoms with Gasteiger partial charge in [-0.3, -0.25) is 19.3 Å². The highest BCUT2D eigenvalue weighted by Gasteiger charge is 2.35. The van der Waals surface area contributed by atoms with E-state index in [1.165, 1.54) is 34.4 Å². The SMILES string of the molecule is CC(C)CCN1C(=O)c2ccc(C(=O)OCC(=O)Nc3sccc3C#N)cc2C1=O. The molecular weight excluding hydrogens is 406 g/mol. The average Bonchev–Trinajstić information content (AvgIpc) is 3.26. The standard InChI is InChI=1S/C21H19N3O5S/c1-12(2)5-7-24-19(26)15-4-3-13(9-16(15)20(24)27)21(28)29-11-17(25)23-18-14(10-22)6-8-30-18/h3-4,6,8-9,12H,5,7,11H2,1-2H3,(H,23,25). The Bertz CT molecular complexity index is 1070. The topological polar surface area (TPSA) is 117 Å². The number of benzene rings is 1. The lowest BCUT2D eigenvalue weighted by atomic mass is 10.1. The van der Waals surface area contributed by atoms with E-state index in [0.29, 0.717) is 29.4 Å². The van der Waals surface area contributed by atoms with E-state index in [-0.39, 0.29) is 22.6 Å². The fourth-order valence-corrected chi connectivity index (χ4v) is 3.63. The van der Waals surface area contributed by atoms with Gasteiger partial charge in [0.1, 0.15) is 11.1 Å². The Morgan fingerprint density at radius 1 is 1.20 bits per heavy atom. The number of hydrogen-bond acceptors (Lipinski definition) is 7. The summed E-state index contributed by atoms with van der Waals surface area (Å²) in [7, 11) is 0. The van der Waals surface area contributed by atoms with E-state index in [4.69, 9.17) is 10.00 Å². The van der Waals surface area contributed by atoms with Crippen LogP contribution in [-0.4, -0.2) is 41.7 Å². The second-order valence-electron chi connectivity index (χ2n) is 7.10. The first-order chi connectivity index (χ1) is 14.3. The van der Waals surface area contributed by atoms with Crippen LogP contribution < -0.4 is 5.32 Å². The van der Waals surface area contributed by atoms with Gasteiger partial charge < -0.3 is 10.1 Å². The monoisotopic (exact) mass is 425 g/mol. The third-order valence-electron chi connectivity index (χ3n) is 4.51. The molecule has 154 valence electrons. The summed E-state index contributed by atoms with van der Waals surface area (Å²) in [5.41, 5.74) is 0.797. The molecule has 9 heteroatoms. The lowest BCUT2D eigenvalue weighted by molar-refractivity contribution is -0.119. The fraction of sp³-hybridized carbons (Fsp3) is 0.286. The fourth-order valence-electron chi connectivity index (χ4n) is 2.88. The number of rotatable bonds is 7. The van der Waals surface area contributed by atoms with Crippen LogP contribution >= 0.6 is 11.3 Å². The molecule has 8 nitrogen and oxygen atoms in total. The predicted molar refractivity (Wildman–Crippen MR) is 109 cm³/mol. The maximum Gasteiger partial charge on any atom is 0.338 e. The highest BCUT2D eigenvalue weighted by atomic mass is 32.1. The molecule has 0 aliphatic carbocycles. The normalized spacial score (nSPS) is 12.7. The van der Waals surface area contributed by atoms with Crippen LogP contribution in [0.15, 0.2) is 29.6 Å². The first-order valence-corrected chi connectivity index (χ1v) is 10.1. The molecule has 0 saturated heterocycles. The second kappa shape index (κ2) is 8.88. The molecule has 1 aliphatic heterocycles. The van der Waals surface area contributed by atoms with Crippen LogP contribution in [-0.2, 0) is 9.53 Å². The lowest BCUT2D eigenvalue weighted by Gasteiger charge is -2.14. The molecule has 3 amide bonds. The van der Waals surface area contributed by atoms with Crippen LogP contribution in [0.3, 0.4) is 0 Å². The zero-order valence-corrected chi connectivity index (χ0v) is 17.2. The molecule has 1 N–H and O–H groups in total. The quantitative estimate of drug-likeness (QED) is 0.538. The lowest BCUT2D eigenvalue weighted by Crippen LogP contribution is -2.31. The number of nitrogens with zero attached hydrogens (tertiary/aromatic N) is 2. The smallest absolute Gasteiger partial charge is 0.338 e. The van der Waals surface area contributed by atoms with Gasteiger partial charge in [0.15, 0.2) is 6.61 Å². The molecule has 1 aromatic carbocycles. The molecule has 2 heterocycles. The van der Waals surface area contributed by atoms with Gasteiger partial charge >= 0.3 is 5.97 Å². The van der Waals surface area contributed by atoms with Crippen molar-refractivity contribution in [3.63, 3.8) is 0 Å². The maximum absolute atomic E-state index is 12.6. The van der Waals surface area contributed by atoms with E-state index in [2.05, 4.69) is 5.32 Å². The summed E-state index contributed by atoms with van der Waals surface area (Å²) in [5, 5.41) is 13.5. The molecule has 0 saturated carbocycles. The molecular formula is C21H19N3O5S. The van der Waals surface area contributed by atoms with E-state index in [1.54, 1.807) is 11.4 Å². The highest BCUT2D eigenvalue weighted by molar-refractivity contribution is 7.14. The van der Waals surface area contributed by atoms with E-state index in [0.717, 1.165) is 0 Å². The van der Waals surface area contributed by atoms with E-state index >= 15 is 0 Å². The molecule has 30 heavy (non-hydrogen) atoms. The van der Waals surface area contributed by atoms with E-state index in [1.807, 2.05) is 19.9 Å². The van der Waals surface area contributed by atoms with Crippen LogP contribution in [0, 0.1) is 17.2 Å². The van der Waals surface area contributed by atoms with Gasteiger partial charge in [0.2, 0.25) is 0 Å². The minimum atomic E-state index is -0.791. The Labute approximate surface area is 177 Å². The number of anilines is 1.